The van der Waals surface area contributed by atoms with Crippen molar-refractivity contribution in [3.05, 3.63) is 101 Å². The van der Waals surface area contributed by atoms with Crippen LogP contribution in [0.5, 0.6) is 0 Å². The van der Waals surface area contributed by atoms with E-state index in [2.05, 4.69) is 22.2 Å². The minimum Gasteiger partial charge on any atom is -1.00 e. The van der Waals surface area contributed by atoms with E-state index in [0.717, 1.165) is 38.9 Å². The summed E-state index contributed by atoms with van der Waals surface area (Å²) >= 11 is 1.47. The first-order chi connectivity index (χ1) is 16.1. The largest absolute Gasteiger partial charge is 1.00 e. The number of hydrogen-bond donors (Lipinski definition) is 0. The Morgan fingerprint density at radius 1 is 1.09 bits per heavy atom. The van der Waals surface area contributed by atoms with E-state index in [4.69, 9.17) is 5.10 Å². The Balaban J connectivity index is 0.00000274. The van der Waals surface area contributed by atoms with E-state index in [1.54, 1.807) is 12.4 Å². The zero-order valence-corrected chi connectivity index (χ0v) is 21.2. The molecule has 0 radical (unpaired) electrons. The average Bonchev–Trinajstić information content (AvgIpc) is 3.56. The molecule has 0 amide bonds. The number of ketones is 1. The van der Waals surface area contributed by atoms with Crippen LogP contribution >= 0.6 is 11.3 Å². The first-order valence-corrected chi connectivity index (χ1v) is 11.5. The van der Waals surface area contributed by atoms with Crippen molar-refractivity contribution in [2.24, 2.45) is 0 Å². The molecule has 0 bridgehead atoms. The van der Waals surface area contributed by atoms with E-state index >= 15 is 0 Å². The topological polar surface area (TPSA) is 69.5 Å². The van der Waals surface area contributed by atoms with Gasteiger partial charge in [-0.25, -0.2) is 4.68 Å². The van der Waals surface area contributed by atoms with Crippen molar-refractivity contribution < 1.29 is 26.3 Å². The van der Waals surface area contributed by atoms with Gasteiger partial charge in [0.05, 0.1) is 46.0 Å². The molecule has 0 saturated carbocycles. The molecule has 5 rings (SSSR count). The summed E-state index contributed by atoms with van der Waals surface area (Å²) in [6, 6.07) is 15.8. The Labute approximate surface area is 212 Å². The standard InChI is InChI=1S/C25H23N6OS.BrH/c1-18-12-19(2)30(27-18)16-21-13-23(31(28-21)22-7-3-9-26-14-22)20-6-4-10-29(15-20)17-24(32)25-8-5-11-33-25;/h3-15H,16-17H2,1-2H3;1H/q+1;/p-1. The number of rotatable bonds is 7. The van der Waals surface area contributed by atoms with Gasteiger partial charge in [0, 0.05) is 18.0 Å². The van der Waals surface area contributed by atoms with Crippen molar-refractivity contribution in [2.45, 2.75) is 26.9 Å². The number of Topliss-reactive ketones (excluding diaryl/α,β-unsaturated/α-hetero) is 1. The third-order valence-electron chi connectivity index (χ3n) is 5.34. The summed E-state index contributed by atoms with van der Waals surface area (Å²) in [6.45, 7) is 4.89. The lowest BCUT2D eigenvalue weighted by Gasteiger charge is -2.06. The van der Waals surface area contributed by atoms with E-state index in [-0.39, 0.29) is 29.3 Å². The van der Waals surface area contributed by atoms with Gasteiger partial charge in [-0.05, 0) is 55.6 Å². The van der Waals surface area contributed by atoms with Crippen molar-refractivity contribution in [3.8, 4) is 16.9 Å². The lowest BCUT2D eigenvalue weighted by Crippen LogP contribution is -3.00. The summed E-state index contributed by atoms with van der Waals surface area (Å²) in [5.41, 5.74) is 5.74. The second-order valence-corrected chi connectivity index (χ2v) is 8.84. The van der Waals surface area contributed by atoms with Gasteiger partial charge in [-0.2, -0.15) is 14.8 Å². The van der Waals surface area contributed by atoms with Crippen LogP contribution in [0, 0.1) is 13.8 Å². The van der Waals surface area contributed by atoms with Gasteiger partial charge >= 0.3 is 0 Å². The average molecular weight is 535 g/mol. The molecule has 0 aliphatic heterocycles. The molecule has 0 fully saturated rings. The normalized spacial score (nSPS) is 10.8. The van der Waals surface area contributed by atoms with Crippen LogP contribution in [0.3, 0.4) is 0 Å². The molecule has 0 spiro atoms. The maximum atomic E-state index is 12.6. The van der Waals surface area contributed by atoms with Crippen LogP contribution in [0.2, 0.25) is 0 Å². The summed E-state index contributed by atoms with van der Waals surface area (Å²) in [5.74, 6) is 0.0955. The van der Waals surface area contributed by atoms with E-state index in [0.29, 0.717) is 6.54 Å². The van der Waals surface area contributed by atoms with Crippen molar-refractivity contribution in [3.63, 3.8) is 0 Å². The van der Waals surface area contributed by atoms with Crippen molar-refractivity contribution in [1.82, 2.24) is 24.5 Å². The molecule has 0 aliphatic carbocycles. The number of thiophene rings is 1. The third-order valence-corrected chi connectivity index (χ3v) is 6.25. The Kier molecular flexibility index (Phi) is 7.14. The predicted octanol–water partition coefficient (Wildman–Crippen LogP) is 1.03. The van der Waals surface area contributed by atoms with Crippen LogP contribution in [0.25, 0.3) is 16.9 Å². The maximum Gasteiger partial charge on any atom is 0.237 e. The summed E-state index contributed by atoms with van der Waals surface area (Å²) in [6.07, 6.45) is 7.44. The zero-order chi connectivity index (χ0) is 22.8. The second kappa shape index (κ2) is 10.2. The fourth-order valence-corrected chi connectivity index (χ4v) is 4.49. The minimum atomic E-state index is 0. The summed E-state index contributed by atoms with van der Waals surface area (Å²) < 4.78 is 5.77. The summed E-state index contributed by atoms with van der Waals surface area (Å²) in [5, 5.41) is 11.4. The Bertz CT molecular complexity index is 1410. The quantitative estimate of drug-likeness (QED) is 0.231. The van der Waals surface area contributed by atoms with Crippen molar-refractivity contribution >= 4 is 17.1 Å². The number of halogens is 1. The number of nitrogens with zero attached hydrogens (tertiary/aromatic N) is 6. The Morgan fingerprint density at radius 3 is 2.68 bits per heavy atom. The van der Waals surface area contributed by atoms with Gasteiger partial charge in [-0.3, -0.25) is 14.5 Å². The smallest absolute Gasteiger partial charge is 0.237 e. The van der Waals surface area contributed by atoms with Gasteiger partial charge in [0.2, 0.25) is 12.3 Å². The molecular formula is C25H23BrN6OS. The Morgan fingerprint density at radius 2 is 1.97 bits per heavy atom. The highest BCUT2D eigenvalue weighted by Crippen LogP contribution is 2.23. The molecule has 0 aromatic carbocycles. The lowest BCUT2D eigenvalue weighted by atomic mass is 10.2. The number of carbonyl (C=O) groups excluding carboxylic acids is 1. The number of pyridine rings is 2. The van der Waals surface area contributed by atoms with E-state index in [1.807, 2.05) is 82.0 Å². The predicted molar refractivity (Wildman–Crippen MR) is 126 cm³/mol. The first-order valence-electron chi connectivity index (χ1n) is 10.6. The molecule has 0 atom stereocenters. The van der Waals surface area contributed by atoms with Crippen LogP contribution in [0.15, 0.2) is 78.7 Å². The Hall–Kier alpha value is -3.43. The van der Waals surface area contributed by atoms with Gasteiger partial charge in [0.25, 0.3) is 0 Å². The fourth-order valence-electron chi connectivity index (χ4n) is 3.83. The molecule has 5 heterocycles. The summed E-state index contributed by atoms with van der Waals surface area (Å²) in [7, 11) is 0. The highest BCUT2D eigenvalue weighted by molar-refractivity contribution is 7.12. The van der Waals surface area contributed by atoms with E-state index in [1.165, 1.54) is 11.3 Å². The second-order valence-electron chi connectivity index (χ2n) is 7.89. The molecule has 0 aliphatic rings. The highest BCUT2D eigenvalue weighted by Gasteiger charge is 2.18. The molecular weight excluding hydrogens is 512 g/mol. The van der Waals surface area contributed by atoms with E-state index in [9.17, 15) is 4.79 Å². The van der Waals surface area contributed by atoms with Crippen molar-refractivity contribution in [1.29, 1.82) is 0 Å². The molecule has 7 nitrogen and oxygen atoms in total. The van der Waals surface area contributed by atoms with Gasteiger partial charge in [0.15, 0.2) is 12.4 Å². The van der Waals surface area contributed by atoms with E-state index < -0.39 is 0 Å². The SMILES string of the molecule is Cc1cc(C)n(Cc2cc(-c3ccc[n+](CC(=O)c4cccs4)c3)n(-c3cccnc3)n2)n1.[Br-]. The molecule has 5 aromatic heterocycles. The number of hydrogen-bond acceptors (Lipinski definition) is 5. The molecule has 9 heteroatoms. The van der Waals surface area contributed by atoms with Crippen LogP contribution in [0.4, 0.5) is 0 Å². The maximum absolute atomic E-state index is 12.6. The van der Waals surface area contributed by atoms with Gasteiger partial charge in [0.1, 0.15) is 0 Å². The molecule has 34 heavy (non-hydrogen) atoms. The van der Waals surface area contributed by atoms with Crippen LogP contribution in [0.1, 0.15) is 26.8 Å². The number of aryl methyl sites for hydroxylation is 2. The monoisotopic (exact) mass is 534 g/mol. The lowest BCUT2D eigenvalue weighted by molar-refractivity contribution is -0.682. The zero-order valence-electron chi connectivity index (χ0n) is 18.8. The van der Waals surface area contributed by atoms with Gasteiger partial charge in [-0.15, -0.1) is 11.3 Å². The highest BCUT2D eigenvalue weighted by atomic mass is 79.9. The van der Waals surface area contributed by atoms with Crippen molar-refractivity contribution in [2.75, 3.05) is 0 Å². The van der Waals surface area contributed by atoms with Crippen LogP contribution in [-0.4, -0.2) is 30.3 Å². The number of aromatic nitrogens is 6. The minimum absolute atomic E-state index is 0. The first kappa shape index (κ1) is 23.7. The fraction of sp³-hybridized carbons (Fsp3) is 0.160. The third kappa shape index (κ3) is 5.05. The number of carbonyl (C=O) groups is 1. The summed E-state index contributed by atoms with van der Waals surface area (Å²) in [4.78, 5) is 17.6. The molecule has 0 N–H and O–H groups in total. The van der Waals surface area contributed by atoms with Gasteiger partial charge in [-0.1, -0.05) is 6.07 Å². The van der Waals surface area contributed by atoms with Crippen LogP contribution < -0.4 is 21.5 Å². The molecule has 0 saturated heterocycles. The molecule has 0 unspecified atom stereocenters. The molecule has 172 valence electrons. The molecule has 5 aromatic rings. The van der Waals surface area contributed by atoms with Crippen LogP contribution in [-0.2, 0) is 13.1 Å². The van der Waals surface area contributed by atoms with Gasteiger partial charge < -0.3 is 17.0 Å².